The van der Waals surface area contributed by atoms with Crippen LogP contribution in [0.15, 0.2) is 18.2 Å². The molecule has 1 aliphatic heterocycles. The molecule has 0 radical (unpaired) electrons. The first-order valence-corrected chi connectivity index (χ1v) is 8.39. The SMILES string of the molecule is Cc1ccc(CNC(=O)N2CCCC(CO)C2)c(OC(C)C)c1. The molecule has 0 bridgehead atoms. The Morgan fingerprint density at radius 2 is 2.26 bits per heavy atom. The highest BCUT2D eigenvalue weighted by molar-refractivity contribution is 5.74. The molecule has 2 N–H and O–H groups in total. The first-order chi connectivity index (χ1) is 11.0. The van der Waals surface area contributed by atoms with E-state index in [2.05, 4.69) is 5.32 Å². The van der Waals surface area contributed by atoms with Gasteiger partial charge in [0.15, 0.2) is 0 Å². The van der Waals surface area contributed by atoms with Crippen molar-refractivity contribution in [1.29, 1.82) is 0 Å². The highest BCUT2D eigenvalue weighted by atomic mass is 16.5. The summed E-state index contributed by atoms with van der Waals surface area (Å²) in [5.41, 5.74) is 2.12. The van der Waals surface area contributed by atoms with Crippen molar-refractivity contribution in [2.45, 2.75) is 46.3 Å². The Morgan fingerprint density at radius 3 is 2.96 bits per heavy atom. The minimum atomic E-state index is -0.0702. The molecule has 1 fully saturated rings. The van der Waals surface area contributed by atoms with Crippen LogP contribution < -0.4 is 10.1 Å². The fraction of sp³-hybridized carbons (Fsp3) is 0.611. The molecule has 5 heteroatoms. The minimum absolute atomic E-state index is 0.0702. The number of ether oxygens (including phenoxy) is 1. The fourth-order valence-electron chi connectivity index (χ4n) is 2.85. The van der Waals surface area contributed by atoms with Crippen LogP contribution in [-0.4, -0.2) is 41.8 Å². The summed E-state index contributed by atoms with van der Waals surface area (Å²) in [7, 11) is 0. The van der Waals surface area contributed by atoms with Crippen molar-refractivity contribution < 1.29 is 14.6 Å². The number of aryl methyl sites for hydroxylation is 1. The number of rotatable bonds is 5. The predicted octanol–water partition coefficient (Wildman–Crippen LogP) is 2.70. The van der Waals surface area contributed by atoms with Gasteiger partial charge in [-0.3, -0.25) is 0 Å². The number of piperidine rings is 1. The second-order valence-corrected chi connectivity index (χ2v) is 6.57. The Labute approximate surface area is 138 Å². The van der Waals surface area contributed by atoms with E-state index in [9.17, 15) is 9.90 Å². The normalized spacial score (nSPS) is 18.1. The summed E-state index contributed by atoms with van der Waals surface area (Å²) in [5, 5.41) is 12.2. The molecule has 0 spiro atoms. The van der Waals surface area contributed by atoms with Gasteiger partial charge in [0, 0.05) is 31.8 Å². The molecule has 5 nitrogen and oxygen atoms in total. The van der Waals surface area contributed by atoms with Gasteiger partial charge in [-0.1, -0.05) is 12.1 Å². The summed E-state index contributed by atoms with van der Waals surface area (Å²) >= 11 is 0. The molecular weight excluding hydrogens is 292 g/mol. The number of aliphatic hydroxyl groups is 1. The first kappa shape index (κ1) is 17.6. The zero-order valence-corrected chi connectivity index (χ0v) is 14.3. The highest BCUT2D eigenvalue weighted by Gasteiger charge is 2.23. The minimum Gasteiger partial charge on any atom is -0.491 e. The molecule has 1 atom stereocenters. The zero-order chi connectivity index (χ0) is 16.8. The van der Waals surface area contributed by atoms with Gasteiger partial charge in [0.1, 0.15) is 5.75 Å². The lowest BCUT2D eigenvalue weighted by Gasteiger charge is -2.32. The predicted molar refractivity (Wildman–Crippen MR) is 90.6 cm³/mol. The Balaban J connectivity index is 1.96. The maximum Gasteiger partial charge on any atom is 0.317 e. The van der Waals surface area contributed by atoms with E-state index in [0.29, 0.717) is 13.1 Å². The van der Waals surface area contributed by atoms with Crippen LogP contribution in [0.1, 0.15) is 37.8 Å². The van der Waals surface area contributed by atoms with Gasteiger partial charge < -0.3 is 20.1 Å². The standard InChI is InChI=1S/C18H28N2O3/c1-13(2)23-17-9-14(3)6-7-16(17)10-19-18(22)20-8-4-5-15(11-20)12-21/h6-7,9,13,15,21H,4-5,8,10-12H2,1-3H3,(H,19,22). The molecule has 1 aliphatic rings. The Kier molecular flexibility index (Phi) is 6.28. The van der Waals surface area contributed by atoms with Crippen molar-refractivity contribution in [2.24, 2.45) is 5.92 Å². The molecular formula is C18H28N2O3. The monoisotopic (exact) mass is 320 g/mol. The summed E-state index contributed by atoms with van der Waals surface area (Å²) in [6.45, 7) is 7.99. The van der Waals surface area contributed by atoms with E-state index in [1.165, 1.54) is 0 Å². The average Bonchev–Trinajstić information content (AvgIpc) is 2.53. The quantitative estimate of drug-likeness (QED) is 0.877. The number of hydrogen-bond acceptors (Lipinski definition) is 3. The van der Waals surface area contributed by atoms with Crippen LogP contribution in [0.25, 0.3) is 0 Å². The van der Waals surface area contributed by atoms with Gasteiger partial charge >= 0.3 is 6.03 Å². The van der Waals surface area contributed by atoms with Gasteiger partial charge in [0.25, 0.3) is 0 Å². The van der Waals surface area contributed by atoms with E-state index < -0.39 is 0 Å². The highest BCUT2D eigenvalue weighted by Crippen LogP contribution is 2.22. The van der Waals surface area contributed by atoms with Crippen molar-refractivity contribution in [1.82, 2.24) is 10.2 Å². The van der Waals surface area contributed by atoms with Gasteiger partial charge in [-0.15, -0.1) is 0 Å². The van der Waals surface area contributed by atoms with E-state index in [-0.39, 0.29) is 24.7 Å². The second-order valence-electron chi connectivity index (χ2n) is 6.57. The molecule has 23 heavy (non-hydrogen) atoms. The number of nitrogens with zero attached hydrogens (tertiary/aromatic N) is 1. The van der Waals surface area contributed by atoms with E-state index in [0.717, 1.165) is 36.3 Å². The van der Waals surface area contributed by atoms with Crippen molar-refractivity contribution in [3.8, 4) is 5.75 Å². The number of urea groups is 1. The number of carbonyl (C=O) groups excluding carboxylic acids is 1. The van der Waals surface area contributed by atoms with E-state index in [1.54, 1.807) is 4.90 Å². The third-order valence-electron chi connectivity index (χ3n) is 4.08. The maximum atomic E-state index is 12.3. The number of nitrogens with one attached hydrogen (secondary N) is 1. The molecule has 128 valence electrons. The summed E-state index contributed by atoms with van der Waals surface area (Å²) < 4.78 is 5.84. The van der Waals surface area contributed by atoms with Gasteiger partial charge in [0.2, 0.25) is 0 Å². The molecule has 2 rings (SSSR count). The molecule has 0 aromatic heterocycles. The molecule has 1 heterocycles. The Morgan fingerprint density at radius 1 is 1.48 bits per heavy atom. The maximum absolute atomic E-state index is 12.3. The van der Waals surface area contributed by atoms with Gasteiger partial charge in [-0.25, -0.2) is 4.79 Å². The van der Waals surface area contributed by atoms with Crippen LogP contribution in [0.5, 0.6) is 5.75 Å². The fourth-order valence-corrected chi connectivity index (χ4v) is 2.85. The third kappa shape index (κ3) is 5.13. The third-order valence-corrected chi connectivity index (χ3v) is 4.08. The van der Waals surface area contributed by atoms with Gasteiger partial charge in [-0.05, 0) is 51.2 Å². The van der Waals surface area contributed by atoms with Crippen molar-refractivity contribution >= 4 is 6.03 Å². The molecule has 0 aliphatic carbocycles. The summed E-state index contributed by atoms with van der Waals surface area (Å²) in [5.74, 6) is 1.03. The van der Waals surface area contributed by atoms with Crippen LogP contribution in [0.3, 0.4) is 0 Å². The number of aliphatic hydroxyl groups excluding tert-OH is 1. The summed E-state index contributed by atoms with van der Waals surface area (Å²) in [6.07, 6.45) is 2.04. The van der Waals surface area contributed by atoms with E-state index >= 15 is 0 Å². The Bertz CT molecular complexity index is 531. The van der Waals surface area contributed by atoms with Crippen molar-refractivity contribution in [3.05, 3.63) is 29.3 Å². The molecule has 1 aromatic rings. The largest absolute Gasteiger partial charge is 0.491 e. The molecule has 1 saturated heterocycles. The van der Waals surface area contributed by atoms with Gasteiger partial charge in [0.05, 0.1) is 6.10 Å². The lowest BCUT2D eigenvalue weighted by Crippen LogP contribution is -2.45. The molecule has 2 amide bonds. The number of carbonyl (C=O) groups is 1. The van der Waals surface area contributed by atoms with E-state index in [4.69, 9.17) is 4.74 Å². The zero-order valence-electron chi connectivity index (χ0n) is 14.3. The number of hydrogen-bond donors (Lipinski definition) is 2. The van der Waals surface area contributed by atoms with Crippen molar-refractivity contribution in [3.63, 3.8) is 0 Å². The lowest BCUT2D eigenvalue weighted by atomic mass is 9.99. The molecule has 1 unspecified atom stereocenters. The first-order valence-electron chi connectivity index (χ1n) is 8.39. The van der Waals surface area contributed by atoms with Crippen LogP contribution in [0.4, 0.5) is 4.79 Å². The second kappa shape index (κ2) is 8.20. The van der Waals surface area contributed by atoms with Crippen molar-refractivity contribution in [2.75, 3.05) is 19.7 Å². The van der Waals surface area contributed by atoms with Crippen LogP contribution in [0, 0.1) is 12.8 Å². The van der Waals surface area contributed by atoms with Gasteiger partial charge in [-0.2, -0.15) is 0 Å². The number of likely N-dealkylation sites (tertiary alicyclic amines) is 1. The topological polar surface area (TPSA) is 61.8 Å². The lowest BCUT2D eigenvalue weighted by molar-refractivity contribution is 0.129. The summed E-state index contributed by atoms with van der Waals surface area (Å²) in [6, 6.07) is 5.96. The Hall–Kier alpha value is -1.75. The average molecular weight is 320 g/mol. The van der Waals surface area contributed by atoms with Crippen LogP contribution >= 0.6 is 0 Å². The molecule has 0 saturated carbocycles. The number of amides is 2. The molecule has 1 aromatic carbocycles. The summed E-state index contributed by atoms with van der Waals surface area (Å²) in [4.78, 5) is 14.1. The number of benzene rings is 1. The van der Waals surface area contributed by atoms with Crippen LogP contribution in [0.2, 0.25) is 0 Å². The smallest absolute Gasteiger partial charge is 0.317 e. The van der Waals surface area contributed by atoms with Crippen LogP contribution in [-0.2, 0) is 6.54 Å². The van der Waals surface area contributed by atoms with E-state index in [1.807, 2.05) is 39.0 Å².